The van der Waals surface area contributed by atoms with E-state index in [-0.39, 0.29) is 23.7 Å². The lowest BCUT2D eigenvalue weighted by Crippen LogP contribution is -2.33. The SMILES string of the molecule is [2H]C1([2H])CC([2H])([2H])C([2H])(c2cc(F)ccc2F)N1c1ccn2ncc(NC(=O)N3CC[C@H](O)C3)c2n1. The summed E-state index contributed by atoms with van der Waals surface area (Å²) in [6.45, 7) is -1.99. The average Bonchev–Trinajstić information content (AvgIpc) is 3.43. The molecule has 2 fully saturated rings. The summed E-state index contributed by atoms with van der Waals surface area (Å²) in [5, 5.41) is 16.4. The van der Waals surface area contributed by atoms with Crippen LogP contribution in [-0.2, 0) is 0 Å². The molecule has 1 unspecified atom stereocenters. The third kappa shape index (κ3) is 3.67. The summed E-state index contributed by atoms with van der Waals surface area (Å²) < 4.78 is 73.1. The van der Waals surface area contributed by atoms with Gasteiger partial charge in [0.2, 0.25) is 0 Å². The van der Waals surface area contributed by atoms with Crippen LogP contribution in [0.5, 0.6) is 0 Å². The molecule has 2 aromatic heterocycles. The molecule has 0 aliphatic carbocycles. The first-order valence-corrected chi connectivity index (χ1v) is 9.68. The van der Waals surface area contributed by atoms with Gasteiger partial charge in [-0.3, -0.25) is 0 Å². The van der Waals surface area contributed by atoms with Crippen LogP contribution in [0.25, 0.3) is 5.65 Å². The van der Waals surface area contributed by atoms with E-state index in [0.717, 1.165) is 12.1 Å². The van der Waals surface area contributed by atoms with Crippen LogP contribution in [0.2, 0.25) is 0 Å². The van der Waals surface area contributed by atoms with Crippen molar-refractivity contribution in [2.24, 2.45) is 0 Å². The van der Waals surface area contributed by atoms with Crippen molar-refractivity contribution in [3.8, 4) is 0 Å². The number of benzene rings is 1. The number of anilines is 2. The predicted molar refractivity (Wildman–Crippen MR) is 110 cm³/mol. The number of aromatic nitrogens is 3. The first kappa shape index (κ1) is 14.7. The smallest absolute Gasteiger partial charge is 0.322 e. The van der Waals surface area contributed by atoms with Gasteiger partial charge in [0.25, 0.3) is 0 Å². The van der Waals surface area contributed by atoms with E-state index < -0.39 is 54.6 Å². The minimum atomic E-state index is -2.72. The fourth-order valence-electron chi connectivity index (χ4n) is 3.64. The zero-order valence-electron chi connectivity index (χ0n) is 21.2. The van der Waals surface area contributed by atoms with E-state index in [9.17, 15) is 18.7 Å². The number of aliphatic hydroxyl groups is 1. The Morgan fingerprint density at radius 3 is 3.03 bits per heavy atom. The maximum absolute atomic E-state index is 14.8. The van der Waals surface area contributed by atoms with E-state index >= 15 is 0 Å². The van der Waals surface area contributed by atoms with Gasteiger partial charge in [-0.05, 0) is 43.5 Å². The van der Waals surface area contributed by atoms with Crippen LogP contribution in [0, 0.1) is 11.6 Å². The average molecular weight is 433 g/mol. The number of hydrogen-bond donors (Lipinski definition) is 2. The molecule has 2 amide bonds. The Morgan fingerprint density at radius 1 is 1.35 bits per heavy atom. The zero-order valence-corrected chi connectivity index (χ0v) is 16.2. The molecule has 2 N–H and O–H groups in total. The Morgan fingerprint density at radius 2 is 2.23 bits per heavy atom. The quantitative estimate of drug-likeness (QED) is 0.663. The number of likely N-dealkylation sites (tertiary alicyclic amines) is 1. The topological polar surface area (TPSA) is 86.0 Å². The van der Waals surface area contributed by atoms with Crippen molar-refractivity contribution in [3.63, 3.8) is 0 Å². The van der Waals surface area contributed by atoms with E-state index in [4.69, 9.17) is 6.85 Å². The lowest BCUT2D eigenvalue weighted by molar-refractivity contribution is 0.176. The molecular weight excluding hydrogens is 406 g/mol. The molecule has 3 aromatic rings. The van der Waals surface area contributed by atoms with Crippen molar-refractivity contribution >= 4 is 23.2 Å². The fraction of sp³-hybridized carbons (Fsp3) is 0.381. The monoisotopic (exact) mass is 433 g/mol. The van der Waals surface area contributed by atoms with Gasteiger partial charge in [0.1, 0.15) is 23.1 Å². The molecule has 0 bridgehead atoms. The predicted octanol–water partition coefficient (Wildman–Crippen LogP) is 2.95. The highest BCUT2D eigenvalue weighted by Gasteiger charge is 2.30. The summed E-state index contributed by atoms with van der Waals surface area (Å²) in [4.78, 5) is 19.0. The lowest BCUT2D eigenvalue weighted by Gasteiger charge is -2.26. The molecule has 2 saturated heterocycles. The zero-order chi connectivity index (χ0) is 26.0. The van der Waals surface area contributed by atoms with Gasteiger partial charge in [-0.2, -0.15) is 5.10 Å². The van der Waals surface area contributed by atoms with Gasteiger partial charge in [-0.1, -0.05) is 0 Å². The number of aliphatic hydroxyl groups excluding tert-OH is 1. The van der Waals surface area contributed by atoms with Crippen LogP contribution in [-0.4, -0.2) is 56.3 Å². The first-order chi connectivity index (χ1) is 16.8. The molecule has 0 radical (unpaired) electrons. The molecular formula is C21H22F2N6O2. The largest absolute Gasteiger partial charge is 0.391 e. The molecule has 0 spiro atoms. The van der Waals surface area contributed by atoms with Gasteiger partial charge in [-0.25, -0.2) is 23.1 Å². The normalized spacial score (nSPS) is 29.3. The molecule has 31 heavy (non-hydrogen) atoms. The van der Waals surface area contributed by atoms with Gasteiger partial charge in [0.05, 0.1) is 19.7 Å². The molecule has 1 aromatic carbocycles. The minimum absolute atomic E-state index is 0.0610. The number of carbonyl (C=O) groups is 1. The summed E-state index contributed by atoms with van der Waals surface area (Å²) >= 11 is 0. The van der Waals surface area contributed by atoms with Crippen molar-refractivity contribution in [2.75, 3.05) is 29.8 Å². The van der Waals surface area contributed by atoms with E-state index in [1.165, 1.54) is 27.9 Å². The molecule has 2 atom stereocenters. The second kappa shape index (κ2) is 7.77. The highest BCUT2D eigenvalue weighted by atomic mass is 19.1. The van der Waals surface area contributed by atoms with Crippen LogP contribution < -0.4 is 10.2 Å². The number of halogens is 2. The van der Waals surface area contributed by atoms with Crippen molar-refractivity contribution in [1.29, 1.82) is 0 Å². The number of nitrogens with zero attached hydrogens (tertiary/aromatic N) is 5. The Balaban J connectivity index is 1.60. The van der Waals surface area contributed by atoms with E-state index in [2.05, 4.69) is 15.4 Å². The number of amides is 2. The summed E-state index contributed by atoms with van der Waals surface area (Å²) in [6, 6.07) is 0.335. The summed E-state index contributed by atoms with van der Waals surface area (Å²) in [5.74, 6) is -2.21. The summed E-state index contributed by atoms with van der Waals surface area (Å²) in [6.07, 6.45) is -0.948. The Kier molecular flexibility index (Phi) is 3.68. The van der Waals surface area contributed by atoms with Crippen molar-refractivity contribution < 1.29 is 25.5 Å². The standard InChI is InChI=1S/C21H22F2N6O2/c22-13-3-4-16(23)15(10-13)18-2-1-7-28(18)19-6-9-29-20(26-19)17(11-24-29)25-21(31)27-8-5-14(30)12-27/h3-4,6,9-11,14,18,30H,1-2,5,7-8,12H2,(H,25,31)/t14-,18?/m0/s1/i2D2,7D2,18D. The Labute approximate surface area is 184 Å². The van der Waals surface area contributed by atoms with Crippen LogP contribution in [0.4, 0.5) is 25.1 Å². The third-order valence-electron chi connectivity index (χ3n) is 5.18. The molecule has 0 saturated carbocycles. The highest BCUT2D eigenvalue weighted by molar-refractivity contribution is 5.93. The molecule has 2 aliphatic rings. The second-order valence-corrected chi connectivity index (χ2v) is 7.25. The van der Waals surface area contributed by atoms with E-state index in [1.807, 2.05) is 0 Å². The van der Waals surface area contributed by atoms with E-state index in [0.29, 0.717) is 23.9 Å². The number of urea groups is 1. The minimum Gasteiger partial charge on any atom is -0.391 e. The number of hydrogen-bond acceptors (Lipinski definition) is 5. The van der Waals surface area contributed by atoms with Gasteiger partial charge < -0.3 is 20.2 Å². The van der Waals surface area contributed by atoms with Crippen LogP contribution in [0.15, 0.2) is 36.7 Å². The van der Waals surface area contributed by atoms with Gasteiger partial charge >= 0.3 is 6.03 Å². The molecule has 162 valence electrons. The van der Waals surface area contributed by atoms with Crippen LogP contribution in [0.3, 0.4) is 0 Å². The Hall–Kier alpha value is -3.27. The first-order valence-electron chi connectivity index (χ1n) is 12.2. The fourth-order valence-corrected chi connectivity index (χ4v) is 3.64. The van der Waals surface area contributed by atoms with Crippen LogP contribution >= 0.6 is 0 Å². The third-order valence-corrected chi connectivity index (χ3v) is 5.18. The van der Waals surface area contributed by atoms with Gasteiger partial charge in [-0.15, -0.1) is 0 Å². The number of rotatable bonds is 3. The maximum Gasteiger partial charge on any atom is 0.322 e. The Bertz CT molecular complexity index is 1360. The molecule has 8 nitrogen and oxygen atoms in total. The van der Waals surface area contributed by atoms with Crippen molar-refractivity contribution in [3.05, 3.63) is 53.9 Å². The molecule has 5 rings (SSSR count). The van der Waals surface area contributed by atoms with Gasteiger partial charge in [0, 0.05) is 36.8 Å². The number of nitrogens with one attached hydrogen (secondary N) is 1. The number of β-amino-alcohol motifs (C(OH)–C–C–N with tert-alkyl or cyclic N) is 1. The molecule has 2 aliphatic heterocycles. The van der Waals surface area contributed by atoms with E-state index in [1.54, 1.807) is 0 Å². The van der Waals surface area contributed by atoms with Crippen molar-refractivity contribution in [2.45, 2.75) is 31.3 Å². The number of carbonyl (C=O) groups excluding carboxylic acids is 1. The maximum atomic E-state index is 14.8. The summed E-state index contributed by atoms with van der Waals surface area (Å²) in [5.41, 5.74) is -0.463. The second-order valence-electron chi connectivity index (χ2n) is 7.25. The highest BCUT2D eigenvalue weighted by Crippen LogP contribution is 2.37. The molecule has 4 heterocycles. The number of fused-ring (bicyclic) bond motifs is 1. The van der Waals surface area contributed by atoms with Crippen molar-refractivity contribution in [1.82, 2.24) is 19.5 Å². The summed E-state index contributed by atoms with van der Waals surface area (Å²) in [7, 11) is 0. The van der Waals surface area contributed by atoms with Gasteiger partial charge in [0.15, 0.2) is 5.65 Å². The molecule has 10 heteroatoms. The van der Waals surface area contributed by atoms with Crippen LogP contribution in [0.1, 0.15) is 37.6 Å². The lowest BCUT2D eigenvalue weighted by atomic mass is 10.0.